The Morgan fingerprint density at radius 1 is 1.10 bits per heavy atom. The highest BCUT2D eigenvalue weighted by atomic mass is 32.1. The molecule has 1 fully saturated rings. The maximum absolute atomic E-state index is 12.8. The first-order chi connectivity index (χ1) is 15.0. The van der Waals surface area contributed by atoms with Gasteiger partial charge in [-0.3, -0.25) is 14.2 Å². The van der Waals surface area contributed by atoms with E-state index >= 15 is 0 Å². The lowest BCUT2D eigenvalue weighted by molar-refractivity contribution is -0.132. The quantitative estimate of drug-likeness (QED) is 0.405. The fourth-order valence-corrected chi connectivity index (χ4v) is 4.75. The molecular weight excluding hydrogens is 406 g/mol. The molecule has 1 aliphatic rings. The number of benzene rings is 2. The number of para-hydroxylation sites is 1. The Hall–Kier alpha value is -2.73. The number of likely N-dealkylation sites (tertiary alicyclic amines) is 1. The van der Waals surface area contributed by atoms with Crippen LogP contribution in [0.25, 0.3) is 10.9 Å². The molecule has 0 aliphatic carbocycles. The van der Waals surface area contributed by atoms with Gasteiger partial charge in [0.25, 0.3) is 5.56 Å². The van der Waals surface area contributed by atoms with E-state index in [1.165, 1.54) is 11.1 Å². The molecular formula is C25H29N3O2S. The summed E-state index contributed by atoms with van der Waals surface area (Å²) in [6.07, 6.45) is 5.20. The van der Waals surface area contributed by atoms with Gasteiger partial charge >= 0.3 is 0 Å². The Balaban J connectivity index is 1.30. The van der Waals surface area contributed by atoms with Crippen molar-refractivity contribution in [3.8, 4) is 0 Å². The molecule has 2 heterocycles. The van der Waals surface area contributed by atoms with Crippen LogP contribution in [0, 0.1) is 11.7 Å². The second-order valence-electron chi connectivity index (χ2n) is 8.40. The lowest BCUT2D eigenvalue weighted by atomic mass is 10.0. The molecule has 1 saturated heterocycles. The Morgan fingerprint density at radius 3 is 2.68 bits per heavy atom. The minimum absolute atomic E-state index is 0.0477. The lowest BCUT2D eigenvalue weighted by Gasteiger charge is -2.25. The summed E-state index contributed by atoms with van der Waals surface area (Å²) in [5.41, 5.74) is 3.20. The number of hydrogen-bond acceptors (Lipinski definition) is 3. The van der Waals surface area contributed by atoms with E-state index in [9.17, 15) is 9.59 Å². The van der Waals surface area contributed by atoms with Crippen molar-refractivity contribution in [2.45, 2.75) is 58.0 Å². The SMILES string of the molecule is Cc1ccc(C2CCCN2C(=O)CCCCCn2c(=S)[nH]c3ccccc3c2=O)cc1. The fourth-order valence-electron chi connectivity index (χ4n) is 4.47. The van der Waals surface area contributed by atoms with Crippen LogP contribution in [0.2, 0.25) is 0 Å². The number of hydrogen-bond donors (Lipinski definition) is 1. The molecule has 1 N–H and O–H groups in total. The number of carbonyl (C=O) groups is 1. The van der Waals surface area contributed by atoms with Crippen LogP contribution in [0.15, 0.2) is 53.3 Å². The number of aromatic nitrogens is 2. The second kappa shape index (κ2) is 9.60. The highest BCUT2D eigenvalue weighted by molar-refractivity contribution is 7.71. The number of rotatable bonds is 7. The van der Waals surface area contributed by atoms with Crippen LogP contribution >= 0.6 is 12.2 Å². The summed E-state index contributed by atoms with van der Waals surface area (Å²) < 4.78 is 2.09. The van der Waals surface area contributed by atoms with Crippen molar-refractivity contribution in [3.63, 3.8) is 0 Å². The van der Waals surface area contributed by atoms with Gasteiger partial charge in [-0.15, -0.1) is 0 Å². The van der Waals surface area contributed by atoms with Crippen LogP contribution in [0.3, 0.4) is 0 Å². The molecule has 1 amide bonds. The first kappa shape index (κ1) is 21.5. The largest absolute Gasteiger partial charge is 0.336 e. The Morgan fingerprint density at radius 2 is 1.87 bits per heavy atom. The van der Waals surface area contributed by atoms with Crippen molar-refractivity contribution >= 4 is 29.0 Å². The highest BCUT2D eigenvalue weighted by Crippen LogP contribution is 2.32. The van der Waals surface area contributed by atoms with Crippen LogP contribution in [0.4, 0.5) is 0 Å². The van der Waals surface area contributed by atoms with Gasteiger partial charge in [-0.1, -0.05) is 48.4 Å². The molecule has 0 radical (unpaired) electrons. The van der Waals surface area contributed by atoms with Gasteiger partial charge in [0.15, 0.2) is 4.77 Å². The van der Waals surface area contributed by atoms with E-state index in [-0.39, 0.29) is 17.5 Å². The van der Waals surface area contributed by atoms with E-state index in [1.807, 2.05) is 24.3 Å². The third kappa shape index (κ3) is 4.79. The van der Waals surface area contributed by atoms with Gasteiger partial charge in [-0.25, -0.2) is 0 Å². The van der Waals surface area contributed by atoms with Crippen LogP contribution in [-0.2, 0) is 11.3 Å². The number of amides is 1. The topological polar surface area (TPSA) is 58.1 Å². The van der Waals surface area contributed by atoms with Gasteiger partial charge < -0.3 is 9.88 Å². The average Bonchev–Trinajstić information content (AvgIpc) is 3.26. The Bertz CT molecular complexity index is 1180. The first-order valence-electron chi connectivity index (χ1n) is 11.1. The van der Waals surface area contributed by atoms with Gasteiger partial charge in [0.1, 0.15) is 0 Å². The number of H-pyrrole nitrogens is 1. The molecule has 1 atom stereocenters. The highest BCUT2D eigenvalue weighted by Gasteiger charge is 2.29. The molecule has 3 aromatic rings. The molecule has 4 rings (SSSR count). The molecule has 31 heavy (non-hydrogen) atoms. The molecule has 1 aromatic heterocycles. The van der Waals surface area contributed by atoms with E-state index in [1.54, 1.807) is 4.57 Å². The lowest BCUT2D eigenvalue weighted by Crippen LogP contribution is -2.30. The fraction of sp³-hybridized carbons (Fsp3) is 0.400. The molecule has 1 unspecified atom stereocenters. The summed E-state index contributed by atoms with van der Waals surface area (Å²) >= 11 is 5.37. The van der Waals surface area contributed by atoms with Gasteiger partial charge in [-0.2, -0.15) is 0 Å². The van der Waals surface area contributed by atoms with Crippen molar-refractivity contribution in [2.75, 3.05) is 6.54 Å². The normalized spacial score (nSPS) is 16.2. The average molecular weight is 436 g/mol. The summed E-state index contributed by atoms with van der Waals surface area (Å²) in [5, 5.41) is 0.655. The smallest absolute Gasteiger partial charge is 0.262 e. The van der Waals surface area contributed by atoms with Crippen LogP contribution in [0.1, 0.15) is 55.7 Å². The monoisotopic (exact) mass is 435 g/mol. The molecule has 1 aliphatic heterocycles. The number of unbranched alkanes of at least 4 members (excludes halogenated alkanes) is 2. The van der Waals surface area contributed by atoms with Crippen LogP contribution in [-0.4, -0.2) is 26.9 Å². The second-order valence-corrected chi connectivity index (χ2v) is 8.79. The third-order valence-corrected chi connectivity index (χ3v) is 6.52. The molecule has 5 nitrogen and oxygen atoms in total. The van der Waals surface area contributed by atoms with Crippen molar-refractivity contribution in [3.05, 3.63) is 74.8 Å². The van der Waals surface area contributed by atoms with Gasteiger partial charge in [0, 0.05) is 19.5 Å². The summed E-state index contributed by atoms with van der Waals surface area (Å²) in [6.45, 7) is 3.50. The predicted octanol–water partition coefficient (Wildman–Crippen LogP) is 5.29. The Labute approximate surface area is 187 Å². The number of fused-ring (bicyclic) bond motifs is 1. The zero-order chi connectivity index (χ0) is 21.8. The zero-order valence-corrected chi connectivity index (χ0v) is 18.8. The predicted molar refractivity (Wildman–Crippen MR) is 127 cm³/mol. The van der Waals surface area contributed by atoms with Crippen molar-refractivity contribution < 1.29 is 4.79 Å². The standard InChI is InChI=1S/C25H29N3O2S/c1-18-12-14-19(15-13-18)22-10-7-17-27(22)23(29)11-3-2-6-16-28-24(30)20-8-4-5-9-21(20)26-25(28)31/h4-5,8-9,12-15,22H,2-3,6-7,10-11,16-17H2,1H3,(H,26,31). The third-order valence-electron chi connectivity index (χ3n) is 6.20. The van der Waals surface area contributed by atoms with Crippen molar-refractivity contribution in [1.82, 2.24) is 14.5 Å². The summed E-state index contributed by atoms with van der Waals surface area (Å²) in [5.74, 6) is 0.239. The van der Waals surface area contributed by atoms with E-state index in [0.717, 1.165) is 44.2 Å². The molecule has 0 spiro atoms. The molecule has 0 bridgehead atoms. The van der Waals surface area contributed by atoms with E-state index in [0.29, 0.717) is 23.1 Å². The number of aromatic amines is 1. The summed E-state index contributed by atoms with van der Waals surface area (Å²) in [7, 11) is 0. The molecule has 0 saturated carbocycles. The number of nitrogens with one attached hydrogen (secondary N) is 1. The minimum atomic E-state index is -0.0477. The summed E-state index contributed by atoms with van der Waals surface area (Å²) in [6, 6.07) is 16.2. The minimum Gasteiger partial charge on any atom is -0.336 e. The number of aryl methyl sites for hydroxylation is 1. The van der Waals surface area contributed by atoms with Gasteiger partial charge in [0.05, 0.1) is 16.9 Å². The molecule has 6 heteroatoms. The number of nitrogens with zero attached hydrogens (tertiary/aromatic N) is 2. The maximum atomic E-state index is 12.8. The van der Waals surface area contributed by atoms with E-state index in [4.69, 9.17) is 12.2 Å². The van der Waals surface area contributed by atoms with E-state index in [2.05, 4.69) is 41.1 Å². The van der Waals surface area contributed by atoms with Crippen molar-refractivity contribution in [1.29, 1.82) is 0 Å². The molecule has 162 valence electrons. The zero-order valence-electron chi connectivity index (χ0n) is 18.0. The maximum Gasteiger partial charge on any atom is 0.262 e. The number of carbonyl (C=O) groups excluding carboxylic acids is 1. The first-order valence-corrected chi connectivity index (χ1v) is 11.5. The van der Waals surface area contributed by atoms with Crippen LogP contribution < -0.4 is 5.56 Å². The summed E-state index contributed by atoms with van der Waals surface area (Å²) in [4.78, 5) is 30.7. The van der Waals surface area contributed by atoms with Crippen LogP contribution in [0.5, 0.6) is 0 Å². The van der Waals surface area contributed by atoms with Gasteiger partial charge in [-0.05, 0) is 62.5 Å². The molecule has 2 aromatic carbocycles. The van der Waals surface area contributed by atoms with Crippen molar-refractivity contribution in [2.24, 2.45) is 0 Å². The van der Waals surface area contributed by atoms with E-state index < -0.39 is 0 Å². The van der Waals surface area contributed by atoms with Gasteiger partial charge in [0.2, 0.25) is 5.91 Å². The Kier molecular flexibility index (Phi) is 6.66.